The molecule has 28 heavy (non-hydrogen) atoms. The van der Waals surface area contributed by atoms with Gasteiger partial charge < -0.3 is 10.2 Å². The second-order valence-electron chi connectivity index (χ2n) is 7.04. The molecule has 1 aromatic carbocycles. The molecular formula is C21H27N3O2S2. The first-order chi connectivity index (χ1) is 13.6. The van der Waals surface area contributed by atoms with Crippen LogP contribution in [0.15, 0.2) is 34.0 Å². The number of amides is 2. The summed E-state index contributed by atoms with van der Waals surface area (Å²) >= 11 is 3.38. The molecule has 1 aromatic heterocycles. The monoisotopic (exact) mass is 417 g/mol. The van der Waals surface area contributed by atoms with Gasteiger partial charge in [-0.25, -0.2) is 4.98 Å². The van der Waals surface area contributed by atoms with E-state index in [1.165, 1.54) is 5.56 Å². The van der Waals surface area contributed by atoms with Gasteiger partial charge in [-0.2, -0.15) is 0 Å². The predicted molar refractivity (Wildman–Crippen MR) is 115 cm³/mol. The van der Waals surface area contributed by atoms with Crippen LogP contribution in [0.25, 0.3) is 0 Å². The van der Waals surface area contributed by atoms with Crippen LogP contribution in [0.3, 0.4) is 0 Å². The number of rotatable bonds is 8. The highest BCUT2D eigenvalue weighted by atomic mass is 32.2. The third-order valence-electron chi connectivity index (χ3n) is 4.74. The average Bonchev–Trinajstić information content (AvgIpc) is 3.01. The van der Waals surface area contributed by atoms with Gasteiger partial charge in [0.1, 0.15) is 4.34 Å². The molecule has 0 saturated carbocycles. The van der Waals surface area contributed by atoms with Gasteiger partial charge in [-0.15, -0.1) is 11.3 Å². The van der Waals surface area contributed by atoms with E-state index in [2.05, 4.69) is 15.7 Å². The standard InChI is InChI=1S/C21H27N3O2S2/c1-16-14-27-21(23-16)28-15-17-7-9-18(10-8-17)20(26)22-11-5-13-24-12-4-2-3-6-19(24)25/h7-10,14H,2-6,11-13,15H2,1H3,(H,22,26). The first kappa shape index (κ1) is 20.9. The number of benzene rings is 1. The average molecular weight is 418 g/mol. The molecule has 150 valence electrons. The number of carbonyl (C=O) groups excluding carboxylic acids is 2. The minimum atomic E-state index is -0.0584. The van der Waals surface area contributed by atoms with Crippen molar-refractivity contribution in [3.05, 3.63) is 46.5 Å². The summed E-state index contributed by atoms with van der Waals surface area (Å²) in [5, 5.41) is 5.01. The molecule has 2 aromatic rings. The summed E-state index contributed by atoms with van der Waals surface area (Å²) in [5.41, 5.74) is 2.90. The summed E-state index contributed by atoms with van der Waals surface area (Å²) in [6, 6.07) is 7.74. The number of thioether (sulfide) groups is 1. The van der Waals surface area contributed by atoms with Gasteiger partial charge in [0.25, 0.3) is 5.91 Å². The summed E-state index contributed by atoms with van der Waals surface area (Å²) in [7, 11) is 0. The van der Waals surface area contributed by atoms with E-state index in [4.69, 9.17) is 0 Å². The van der Waals surface area contributed by atoms with Crippen LogP contribution in [0, 0.1) is 6.92 Å². The third-order valence-corrected chi connectivity index (χ3v) is 6.95. The van der Waals surface area contributed by atoms with Crippen molar-refractivity contribution in [1.82, 2.24) is 15.2 Å². The van der Waals surface area contributed by atoms with Gasteiger partial charge in [-0.1, -0.05) is 30.3 Å². The Morgan fingerprint density at radius 1 is 1.25 bits per heavy atom. The molecular weight excluding hydrogens is 390 g/mol. The Morgan fingerprint density at radius 3 is 2.82 bits per heavy atom. The predicted octanol–water partition coefficient (Wildman–Crippen LogP) is 4.27. The fourth-order valence-electron chi connectivity index (χ4n) is 3.14. The summed E-state index contributed by atoms with van der Waals surface area (Å²) in [5.74, 6) is 1.04. The molecule has 2 amide bonds. The Labute approximate surface area is 174 Å². The van der Waals surface area contributed by atoms with Gasteiger partial charge >= 0.3 is 0 Å². The van der Waals surface area contributed by atoms with E-state index >= 15 is 0 Å². The maximum Gasteiger partial charge on any atom is 0.251 e. The largest absolute Gasteiger partial charge is 0.352 e. The summed E-state index contributed by atoms with van der Waals surface area (Å²) < 4.78 is 1.07. The fourth-order valence-corrected chi connectivity index (χ4v) is 4.95. The number of thiazole rings is 1. The Kier molecular flexibility index (Phi) is 7.91. The van der Waals surface area contributed by atoms with Gasteiger partial charge in [0.2, 0.25) is 5.91 Å². The van der Waals surface area contributed by atoms with Crippen LogP contribution in [0.2, 0.25) is 0 Å². The molecule has 1 saturated heterocycles. The van der Waals surface area contributed by atoms with E-state index in [-0.39, 0.29) is 11.8 Å². The molecule has 0 bridgehead atoms. The minimum absolute atomic E-state index is 0.0584. The topological polar surface area (TPSA) is 62.3 Å². The molecule has 0 atom stereocenters. The first-order valence-electron chi connectivity index (χ1n) is 9.81. The highest BCUT2D eigenvalue weighted by Gasteiger charge is 2.15. The Hall–Kier alpha value is -1.86. The van der Waals surface area contributed by atoms with Crippen LogP contribution < -0.4 is 5.32 Å². The lowest BCUT2D eigenvalue weighted by Gasteiger charge is -2.20. The fraction of sp³-hybridized carbons (Fsp3) is 0.476. The number of nitrogens with one attached hydrogen (secondary N) is 1. The second-order valence-corrected chi connectivity index (χ2v) is 9.12. The second kappa shape index (κ2) is 10.6. The zero-order valence-corrected chi connectivity index (χ0v) is 17.9. The Bertz CT molecular complexity index is 789. The van der Waals surface area contributed by atoms with Crippen molar-refractivity contribution in [2.45, 2.75) is 49.1 Å². The zero-order valence-electron chi connectivity index (χ0n) is 16.3. The van der Waals surface area contributed by atoms with Crippen LogP contribution >= 0.6 is 23.1 Å². The van der Waals surface area contributed by atoms with E-state index in [0.29, 0.717) is 18.5 Å². The number of aryl methyl sites for hydroxylation is 1. The van der Waals surface area contributed by atoms with Gasteiger partial charge in [0.15, 0.2) is 0 Å². The first-order valence-corrected chi connectivity index (χ1v) is 11.7. The number of hydrogen-bond donors (Lipinski definition) is 1. The third kappa shape index (κ3) is 6.34. The van der Waals surface area contributed by atoms with E-state index in [1.807, 2.05) is 36.1 Å². The van der Waals surface area contributed by atoms with Crippen molar-refractivity contribution < 1.29 is 9.59 Å². The van der Waals surface area contributed by atoms with Crippen molar-refractivity contribution >= 4 is 34.9 Å². The lowest BCUT2D eigenvalue weighted by Crippen LogP contribution is -2.34. The smallest absolute Gasteiger partial charge is 0.251 e. The molecule has 3 rings (SSSR count). The molecule has 0 unspecified atom stereocenters. The molecule has 0 aliphatic carbocycles. The maximum atomic E-state index is 12.3. The van der Waals surface area contributed by atoms with Gasteiger partial charge in [0, 0.05) is 48.4 Å². The van der Waals surface area contributed by atoms with Crippen LogP contribution in [0.1, 0.15) is 53.7 Å². The maximum absolute atomic E-state index is 12.3. The number of nitrogens with zero attached hydrogens (tertiary/aromatic N) is 2. The minimum Gasteiger partial charge on any atom is -0.352 e. The van der Waals surface area contributed by atoms with Crippen LogP contribution in [-0.4, -0.2) is 41.3 Å². The molecule has 0 radical (unpaired) electrons. The SMILES string of the molecule is Cc1csc(SCc2ccc(C(=O)NCCCN3CCCCCC3=O)cc2)n1. The van der Waals surface area contributed by atoms with E-state index < -0.39 is 0 Å². The Morgan fingerprint density at radius 2 is 2.07 bits per heavy atom. The number of carbonyl (C=O) groups is 2. The molecule has 7 heteroatoms. The van der Waals surface area contributed by atoms with Gasteiger partial charge in [-0.05, 0) is 43.9 Å². The van der Waals surface area contributed by atoms with Crippen LogP contribution in [0.4, 0.5) is 0 Å². The van der Waals surface area contributed by atoms with Crippen molar-refractivity contribution in [3.63, 3.8) is 0 Å². The molecule has 5 nitrogen and oxygen atoms in total. The summed E-state index contributed by atoms with van der Waals surface area (Å²) in [6.07, 6.45) is 4.68. The zero-order chi connectivity index (χ0) is 19.8. The molecule has 1 N–H and O–H groups in total. The van der Waals surface area contributed by atoms with Crippen molar-refractivity contribution in [2.75, 3.05) is 19.6 Å². The van der Waals surface area contributed by atoms with E-state index in [9.17, 15) is 9.59 Å². The van der Waals surface area contributed by atoms with Gasteiger partial charge in [-0.3, -0.25) is 9.59 Å². The van der Waals surface area contributed by atoms with Crippen LogP contribution in [-0.2, 0) is 10.5 Å². The highest BCUT2D eigenvalue weighted by Crippen LogP contribution is 2.26. The molecule has 2 heterocycles. The normalized spacial score (nSPS) is 14.8. The highest BCUT2D eigenvalue weighted by molar-refractivity contribution is 8.00. The molecule has 1 fully saturated rings. The number of likely N-dealkylation sites (tertiary alicyclic amines) is 1. The molecule has 0 spiro atoms. The van der Waals surface area contributed by atoms with Crippen molar-refractivity contribution in [2.24, 2.45) is 0 Å². The lowest BCUT2D eigenvalue weighted by atomic mass is 10.1. The Balaban J connectivity index is 1.38. The summed E-state index contributed by atoms with van der Waals surface area (Å²) in [4.78, 5) is 30.7. The van der Waals surface area contributed by atoms with Gasteiger partial charge in [0.05, 0.1) is 0 Å². The van der Waals surface area contributed by atoms with Crippen molar-refractivity contribution in [1.29, 1.82) is 0 Å². The molecule has 1 aliphatic heterocycles. The number of hydrogen-bond acceptors (Lipinski definition) is 5. The quantitative estimate of drug-likeness (QED) is 0.515. The van der Waals surface area contributed by atoms with Crippen molar-refractivity contribution in [3.8, 4) is 0 Å². The van der Waals surface area contributed by atoms with Crippen LogP contribution in [0.5, 0.6) is 0 Å². The lowest BCUT2D eigenvalue weighted by molar-refractivity contribution is -0.130. The van der Waals surface area contributed by atoms with E-state index in [0.717, 1.165) is 54.6 Å². The molecule has 1 aliphatic rings. The summed E-state index contributed by atoms with van der Waals surface area (Å²) in [6.45, 7) is 4.17. The number of aromatic nitrogens is 1. The van der Waals surface area contributed by atoms with E-state index in [1.54, 1.807) is 23.1 Å².